The fourth-order valence-electron chi connectivity index (χ4n) is 2.41. The van der Waals surface area contributed by atoms with Crippen molar-refractivity contribution in [1.29, 1.82) is 0 Å². The van der Waals surface area contributed by atoms with Gasteiger partial charge in [0.05, 0.1) is 0 Å². The van der Waals surface area contributed by atoms with E-state index in [2.05, 4.69) is 42.5 Å². The maximum atomic E-state index is 3.36. The minimum absolute atomic E-state index is 1.07. The minimum Gasteiger partial charge on any atom is -0.314 e. The molecule has 2 heterocycles. The summed E-state index contributed by atoms with van der Waals surface area (Å²) in [6.45, 7) is 17.1. The Morgan fingerprint density at radius 2 is 0.250 bits per heavy atom. The molecule has 0 atom stereocenters. The molecule has 2 aliphatic heterocycles. The van der Waals surface area contributed by atoms with E-state index in [0.717, 1.165) is 105 Å². The Labute approximate surface area is 148 Å². The average molecular weight is 345 g/mol. The summed E-state index contributed by atoms with van der Waals surface area (Å²) in [6, 6.07) is 0. The summed E-state index contributed by atoms with van der Waals surface area (Å²) in [7, 11) is 0. The van der Waals surface area contributed by atoms with Gasteiger partial charge in [-0.2, -0.15) is 0 Å². The molecule has 144 valence electrons. The van der Waals surface area contributed by atoms with Crippen LogP contribution >= 0.6 is 0 Å². The van der Waals surface area contributed by atoms with Gasteiger partial charge in [0.2, 0.25) is 0 Å². The van der Waals surface area contributed by atoms with E-state index in [-0.39, 0.29) is 0 Å². The summed E-state index contributed by atoms with van der Waals surface area (Å²) >= 11 is 0. The van der Waals surface area contributed by atoms with Gasteiger partial charge < -0.3 is 42.5 Å². The van der Waals surface area contributed by atoms with Crippen LogP contribution in [0.25, 0.3) is 0 Å². The second kappa shape index (κ2) is 19.0. The Hall–Kier alpha value is -0.320. The molecule has 24 heavy (non-hydrogen) atoms. The van der Waals surface area contributed by atoms with Crippen LogP contribution in [0.1, 0.15) is 0 Å². The van der Waals surface area contributed by atoms with E-state index < -0.39 is 0 Å². The molecule has 2 saturated heterocycles. The van der Waals surface area contributed by atoms with Crippen LogP contribution in [0, 0.1) is 0 Å². The maximum Gasteiger partial charge on any atom is 0.00772 e. The van der Waals surface area contributed by atoms with Gasteiger partial charge in [-0.3, -0.25) is 0 Å². The van der Waals surface area contributed by atoms with Crippen molar-refractivity contribution in [3.05, 3.63) is 0 Å². The van der Waals surface area contributed by atoms with Gasteiger partial charge in [-0.1, -0.05) is 0 Å². The number of nitrogens with one attached hydrogen (secondary N) is 8. The van der Waals surface area contributed by atoms with Crippen molar-refractivity contribution in [2.24, 2.45) is 0 Å². The van der Waals surface area contributed by atoms with Gasteiger partial charge in [0, 0.05) is 105 Å². The molecular formula is C16H40N8. The monoisotopic (exact) mass is 344 g/mol. The predicted octanol–water partition coefficient (Wildman–Crippen LogP) is -3.28. The number of hydrogen-bond donors (Lipinski definition) is 8. The highest BCUT2D eigenvalue weighted by Crippen LogP contribution is 1.67. The van der Waals surface area contributed by atoms with E-state index in [1.54, 1.807) is 0 Å². The topological polar surface area (TPSA) is 96.2 Å². The van der Waals surface area contributed by atoms with E-state index in [1.165, 1.54) is 0 Å². The lowest BCUT2D eigenvalue weighted by molar-refractivity contribution is 0.534. The largest absolute Gasteiger partial charge is 0.314 e. The highest BCUT2D eigenvalue weighted by Gasteiger charge is 1.93. The van der Waals surface area contributed by atoms with Crippen molar-refractivity contribution in [3.63, 3.8) is 0 Å². The Kier molecular flexibility index (Phi) is 17.2. The van der Waals surface area contributed by atoms with E-state index in [4.69, 9.17) is 0 Å². The van der Waals surface area contributed by atoms with Crippen LogP contribution in [-0.4, -0.2) is 105 Å². The summed E-state index contributed by atoms with van der Waals surface area (Å²) in [5.74, 6) is 0. The Morgan fingerprint density at radius 3 is 0.333 bits per heavy atom. The van der Waals surface area contributed by atoms with Crippen molar-refractivity contribution in [3.8, 4) is 0 Å². The molecule has 0 aromatic rings. The summed E-state index contributed by atoms with van der Waals surface area (Å²) < 4.78 is 0. The van der Waals surface area contributed by atoms with Crippen LogP contribution in [0.2, 0.25) is 0 Å². The fraction of sp³-hybridized carbons (Fsp3) is 1.00. The van der Waals surface area contributed by atoms with E-state index >= 15 is 0 Å². The molecule has 2 rings (SSSR count). The van der Waals surface area contributed by atoms with Gasteiger partial charge in [0.1, 0.15) is 0 Å². The molecule has 0 bridgehead atoms. The molecule has 8 N–H and O–H groups in total. The third-order valence-electron chi connectivity index (χ3n) is 3.83. The van der Waals surface area contributed by atoms with Crippen molar-refractivity contribution in [2.75, 3.05) is 105 Å². The molecule has 0 unspecified atom stereocenters. The first-order valence-electron chi connectivity index (χ1n) is 9.66. The molecule has 0 saturated carbocycles. The molecule has 0 aromatic heterocycles. The van der Waals surface area contributed by atoms with Gasteiger partial charge in [0.15, 0.2) is 0 Å². The molecule has 8 heteroatoms. The first-order valence-corrected chi connectivity index (χ1v) is 9.66. The average Bonchev–Trinajstić information content (AvgIpc) is 2.56. The molecule has 2 aliphatic rings. The maximum absolute atomic E-state index is 3.36. The molecule has 0 spiro atoms. The highest BCUT2D eigenvalue weighted by atomic mass is 15.0. The van der Waals surface area contributed by atoms with Gasteiger partial charge >= 0.3 is 0 Å². The normalized spacial score (nSPS) is 24.0. The van der Waals surface area contributed by atoms with Crippen LogP contribution in [0.15, 0.2) is 0 Å². The molecule has 0 aromatic carbocycles. The highest BCUT2D eigenvalue weighted by molar-refractivity contribution is 4.60. The Morgan fingerprint density at radius 1 is 0.167 bits per heavy atom. The fourth-order valence-corrected chi connectivity index (χ4v) is 2.41. The molecule has 2 fully saturated rings. The first-order chi connectivity index (χ1) is 12.0. The van der Waals surface area contributed by atoms with Crippen LogP contribution in [0.5, 0.6) is 0 Å². The summed E-state index contributed by atoms with van der Waals surface area (Å²) in [4.78, 5) is 0. The van der Waals surface area contributed by atoms with E-state index in [9.17, 15) is 0 Å². The molecular weight excluding hydrogens is 304 g/mol. The lowest BCUT2D eigenvalue weighted by Crippen LogP contribution is -2.39. The van der Waals surface area contributed by atoms with Gasteiger partial charge in [-0.05, 0) is 0 Å². The van der Waals surface area contributed by atoms with Crippen LogP contribution in [0.3, 0.4) is 0 Å². The Bertz CT molecular complexity index is 132. The number of rotatable bonds is 0. The van der Waals surface area contributed by atoms with E-state index in [1.807, 2.05) is 0 Å². The second-order valence-electron chi connectivity index (χ2n) is 6.00. The third-order valence-corrected chi connectivity index (χ3v) is 3.83. The lowest BCUT2D eigenvalue weighted by Gasteiger charge is -2.11. The molecule has 0 aliphatic carbocycles. The molecule has 0 amide bonds. The van der Waals surface area contributed by atoms with E-state index in [0.29, 0.717) is 0 Å². The zero-order chi connectivity index (χ0) is 17.0. The Balaban J connectivity index is 0.000000240. The predicted molar refractivity (Wildman–Crippen MR) is 103 cm³/mol. The van der Waals surface area contributed by atoms with Crippen molar-refractivity contribution in [1.82, 2.24) is 42.5 Å². The molecule has 0 radical (unpaired) electrons. The van der Waals surface area contributed by atoms with Crippen LogP contribution in [0.4, 0.5) is 0 Å². The van der Waals surface area contributed by atoms with Crippen molar-refractivity contribution in [2.45, 2.75) is 0 Å². The van der Waals surface area contributed by atoms with Gasteiger partial charge in [-0.15, -0.1) is 0 Å². The number of hydrogen-bond acceptors (Lipinski definition) is 8. The smallest absolute Gasteiger partial charge is 0.00772 e. The standard InChI is InChI=1S/2C8H20N4/c2*1-2-10-5-6-12-8-7-11-4-3-9-1/h2*9-12H,1-8H2. The zero-order valence-electron chi connectivity index (χ0n) is 15.3. The third kappa shape index (κ3) is 16.5. The summed E-state index contributed by atoms with van der Waals surface area (Å²) in [6.07, 6.45) is 0. The zero-order valence-corrected chi connectivity index (χ0v) is 15.3. The van der Waals surface area contributed by atoms with Gasteiger partial charge in [-0.25, -0.2) is 0 Å². The summed E-state index contributed by atoms with van der Waals surface area (Å²) in [5.41, 5.74) is 0. The minimum atomic E-state index is 1.07. The first kappa shape index (κ1) is 21.7. The van der Waals surface area contributed by atoms with Crippen LogP contribution in [-0.2, 0) is 0 Å². The van der Waals surface area contributed by atoms with Crippen LogP contribution < -0.4 is 42.5 Å². The van der Waals surface area contributed by atoms with Gasteiger partial charge in [0.25, 0.3) is 0 Å². The summed E-state index contributed by atoms with van der Waals surface area (Å²) in [5, 5.41) is 26.9. The lowest BCUT2D eigenvalue weighted by atomic mass is 10.4. The quantitative estimate of drug-likeness (QED) is 0.232. The van der Waals surface area contributed by atoms with Crippen molar-refractivity contribution < 1.29 is 0 Å². The SMILES string of the molecule is C1CNCCNCCNCCN1.C1CNCCNCCNCCN1. The van der Waals surface area contributed by atoms with Crippen molar-refractivity contribution >= 4 is 0 Å². The second-order valence-corrected chi connectivity index (χ2v) is 6.00. The molecule has 8 nitrogen and oxygen atoms in total.